The number of benzene rings is 2. The lowest BCUT2D eigenvalue weighted by molar-refractivity contribution is -0.138. The monoisotopic (exact) mass is 474 g/mol. The van der Waals surface area contributed by atoms with Gasteiger partial charge in [-0.1, -0.05) is 42.5 Å². The lowest BCUT2D eigenvalue weighted by Crippen LogP contribution is -2.31. The Morgan fingerprint density at radius 2 is 1.57 bits per heavy atom. The van der Waals surface area contributed by atoms with E-state index in [1.807, 2.05) is 30.3 Å². The fourth-order valence-electron chi connectivity index (χ4n) is 4.56. The first-order valence-corrected chi connectivity index (χ1v) is 11.5. The Balaban J connectivity index is 1.52. The van der Waals surface area contributed by atoms with E-state index in [1.165, 1.54) is 6.92 Å². The van der Waals surface area contributed by atoms with Crippen LogP contribution >= 0.6 is 0 Å². The summed E-state index contributed by atoms with van der Waals surface area (Å²) in [5.41, 5.74) is 1.97. The predicted molar refractivity (Wildman–Crippen MR) is 129 cm³/mol. The van der Waals surface area contributed by atoms with E-state index in [4.69, 9.17) is 0 Å². The van der Waals surface area contributed by atoms with Crippen LogP contribution in [0.15, 0.2) is 70.9 Å². The van der Waals surface area contributed by atoms with Gasteiger partial charge in [-0.15, -0.1) is 0 Å². The van der Waals surface area contributed by atoms with Crippen molar-refractivity contribution in [2.45, 2.75) is 44.6 Å². The van der Waals surface area contributed by atoms with E-state index in [2.05, 4.69) is 4.99 Å². The number of amides is 2. The number of aliphatic hydroxyl groups is 1. The van der Waals surface area contributed by atoms with E-state index >= 15 is 0 Å². The number of Topliss-reactive ketones (excluding diaryl/α,β-unsaturated/α-hetero) is 1. The molecular formula is C27H26N2O6. The van der Waals surface area contributed by atoms with Gasteiger partial charge in [0.15, 0.2) is 5.78 Å². The molecule has 1 aliphatic carbocycles. The van der Waals surface area contributed by atoms with Gasteiger partial charge in [0, 0.05) is 19.4 Å². The minimum absolute atomic E-state index is 0.0466. The molecule has 1 saturated carbocycles. The van der Waals surface area contributed by atoms with Crippen molar-refractivity contribution < 1.29 is 29.4 Å². The minimum Gasteiger partial charge on any atom is -0.511 e. The smallest absolute Gasteiger partial charge is 0.328 e. The number of carboxylic acids is 1. The van der Waals surface area contributed by atoms with Crippen LogP contribution in [0.2, 0.25) is 0 Å². The molecule has 1 fully saturated rings. The van der Waals surface area contributed by atoms with Crippen molar-refractivity contribution in [3.8, 4) is 0 Å². The van der Waals surface area contributed by atoms with Gasteiger partial charge in [0.25, 0.3) is 11.8 Å². The fraction of sp³-hybridized carbons (Fsp3) is 0.296. The molecular weight excluding hydrogens is 448 g/mol. The second-order valence-corrected chi connectivity index (χ2v) is 8.76. The van der Waals surface area contributed by atoms with Crippen molar-refractivity contribution in [1.29, 1.82) is 0 Å². The van der Waals surface area contributed by atoms with Crippen LogP contribution in [-0.4, -0.2) is 57.0 Å². The molecule has 1 heterocycles. The number of imide groups is 1. The summed E-state index contributed by atoms with van der Waals surface area (Å²) >= 11 is 0. The molecule has 2 aliphatic rings. The zero-order chi connectivity index (χ0) is 25.1. The van der Waals surface area contributed by atoms with Crippen LogP contribution in [0.4, 0.5) is 0 Å². The summed E-state index contributed by atoms with van der Waals surface area (Å²) in [6, 6.07) is 15.0. The molecule has 2 N–H and O–H groups in total. The zero-order valence-corrected chi connectivity index (χ0v) is 19.3. The molecule has 0 spiro atoms. The first-order valence-electron chi connectivity index (χ1n) is 11.5. The zero-order valence-electron chi connectivity index (χ0n) is 19.3. The molecule has 2 atom stereocenters. The van der Waals surface area contributed by atoms with Crippen molar-refractivity contribution in [2.24, 2.45) is 4.99 Å². The number of hydrogen-bond acceptors (Lipinski definition) is 6. The van der Waals surface area contributed by atoms with E-state index in [0.29, 0.717) is 17.5 Å². The molecule has 1 aliphatic heterocycles. The van der Waals surface area contributed by atoms with Gasteiger partial charge in [0.2, 0.25) is 0 Å². The van der Waals surface area contributed by atoms with Gasteiger partial charge >= 0.3 is 5.97 Å². The van der Waals surface area contributed by atoms with Crippen LogP contribution in [0.5, 0.6) is 0 Å². The molecule has 4 rings (SSSR count). The second kappa shape index (κ2) is 10.0. The second-order valence-electron chi connectivity index (χ2n) is 8.76. The minimum atomic E-state index is -1.13. The quantitative estimate of drug-likeness (QED) is 0.356. The number of ketones is 1. The Kier molecular flexibility index (Phi) is 6.91. The van der Waals surface area contributed by atoms with Crippen LogP contribution in [0.1, 0.15) is 64.8 Å². The summed E-state index contributed by atoms with van der Waals surface area (Å²) in [5, 5.41) is 20.2. The Labute approximate surface area is 202 Å². The van der Waals surface area contributed by atoms with Crippen molar-refractivity contribution in [3.05, 3.63) is 82.6 Å². The highest BCUT2D eigenvalue weighted by Crippen LogP contribution is 2.34. The van der Waals surface area contributed by atoms with Gasteiger partial charge in [-0.25, -0.2) is 4.79 Å². The van der Waals surface area contributed by atoms with Gasteiger partial charge in [0.1, 0.15) is 11.8 Å². The summed E-state index contributed by atoms with van der Waals surface area (Å²) in [6.45, 7) is 1.51. The van der Waals surface area contributed by atoms with Crippen molar-refractivity contribution in [2.75, 3.05) is 6.54 Å². The Bertz CT molecular complexity index is 1210. The number of nitrogens with zero attached hydrogens (tertiary/aromatic N) is 2. The maximum Gasteiger partial charge on any atom is 0.328 e. The fourth-order valence-corrected chi connectivity index (χ4v) is 4.56. The Morgan fingerprint density at radius 3 is 2.17 bits per heavy atom. The number of hydrogen-bond donors (Lipinski definition) is 2. The Morgan fingerprint density at radius 1 is 0.971 bits per heavy atom. The molecule has 8 nitrogen and oxygen atoms in total. The van der Waals surface area contributed by atoms with E-state index in [9.17, 15) is 29.4 Å². The molecule has 2 aromatic rings. The number of aliphatic imine (C=N–C) groups is 1. The van der Waals surface area contributed by atoms with Crippen LogP contribution in [0, 0.1) is 0 Å². The van der Waals surface area contributed by atoms with E-state index in [0.717, 1.165) is 10.5 Å². The number of fused-ring (bicyclic) bond motifs is 1. The summed E-state index contributed by atoms with van der Waals surface area (Å²) in [7, 11) is 0. The summed E-state index contributed by atoms with van der Waals surface area (Å²) < 4.78 is 0. The molecule has 0 radical (unpaired) electrons. The van der Waals surface area contributed by atoms with E-state index in [1.54, 1.807) is 24.3 Å². The highest BCUT2D eigenvalue weighted by Gasteiger charge is 2.35. The molecule has 0 bridgehead atoms. The average molecular weight is 475 g/mol. The molecule has 35 heavy (non-hydrogen) atoms. The number of allylic oxidation sites excluding steroid dienone is 2. The van der Waals surface area contributed by atoms with Gasteiger partial charge in [0.05, 0.1) is 22.4 Å². The van der Waals surface area contributed by atoms with E-state index < -0.39 is 12.0 Å². The maximum atomic E-state index is 13.1. The van der Waals surface area contributed by atoms with Gasteiger partial charge in [-0.05, 0) is 43.4 Å². The highest BCUT2D eigenvalue weighted by molar-refractivity contribution is 6.25. The molecule has 0 unspecified atom stereocenters. The number of aliphatic carboxylic acids is 1. The molecule has 2 amide bonds. The number of carboxylic acid groups (broad SMARTS) is 1. The van der Waals surface area contributed by atoms with Crippen LogP contribution in [-0.2, 0) is 9.59 Å². The lowest BCUT2D eigenvalue weighted by atomic mass is 9.78. The maximum absolute atomic E-state index is 13.1. The SMILES string of the molecule is C[C@H](N=C1C[C@@H](c2ccccc2)CC(=O)C1=C(O)CCCN1C(=O)c2ccccc2C1=O)C(=O)O. The van der Waals surface area contributed by atoms with Crippen molar-refractivity contribution in [3.63, 3.8) is 0 Å². The van der Waals surface area contributed by atoms with Crippen LogP contribution in [0.3, 0.4) is 0 Å². The lowest BCUT2D eigenvalue weighted by Gasteiger charge is -2.26. The molecule has 0 aromatic heterocycles. The topological polar surface area (TPSA) is 124 Å². The summed E-state index contributed by atoms with van der Waals surface area (Å²) in [4.78, 5) is 55.0. The molecule has 2 aromatic carbocycles. The normalized spacial score (nSPS) is 21.3. The van der Waals surface area contributed by atoms with Gasteiger partial charge in [-0.3, -0.25) is 24.3 Å². The molecule has 0 saturated heterocycles. The van der Waals surface area contributed by atoms with Gasteiger partial charge in [-0.2, -0.15) is 0 Å². The summed E-state index contributed by atoms with van der Waals surface area (Å²) in [5.74, 6) is -2.56. The third-order valence-corrected chi connectivity index (χ3v) is 6.38. The predicted octanol–water partition coefficient (Wildman–Crippen LogP) is 3.94. The number of aliphatic hydroxyl groups excluding tert-OH is 1. The van der Waals surface area contributed by atoms with Crippen molar-refractivity contribution >= 4 is 29.3 Å². The first-order chi connectivity index (χ1) is 16.8. The Hall–Kier alpha value is -4.07. The standard InChI is InChI=1S/C27H26N2O6/c1-16(27(34)35)28-21-14-18(17-8-3-2-4-9-17)15-23(31)24(21)22(30)12-7-13-29-25(32)19-10-5-6-11-20(19)26(29)33/h2-6,8-11,16,18,30H,7,12-15H2,1H3,(H,34,35)/t16-,18+/m0/s1. The summed E-state index contributed by atoms with van der Waals surface area (Å²) in [6.07, 6.45) is 0.788. The molecule has 8 heteroatoms. The van der Waals surface area contributed by atoms with Gasteiger partial charge < -0.3 is 10.2 Å². The van der Waals surface area contributed by atoms with Crippen LogP contribution < -0.4 is 0 Å². The highest BCUT2D eigenvalue weighted by atomic mass is 16.4. The molecule has 180 valence electrons. The largest absolute Gasteiger partial charge is 0.511 e. The third-order valence-electron chi connectivity index (χ3n) is 6.38. The number of carbonyl (C=O) groups excluding carboxylic acids is 3. The van der Waals surface area contributed by atoms with E-state index in [-0.39, 0.29) is 66.4 Å². The first kappa shape index (κ1) is 24.1. The number of carbonyl (C=O) groups is 4. The third kappa shape index (κ3) is 4.91. The van der Waals surface area contributed by atoms with Crippen molar-refractivity contribution in [1.82, 2.24) is 4.90 Å². The van der Waals surface area contributed by atoms with Crippen LogP contribution in [0.25, 0.3) is 0 Å². The average Bonchev–Trinajstić information content (AvgIpc) is 3.09. The number of rotatable bonds is 7.